The van der Waals surface area contributed by atoms with Crippen molar-refractivity contribution < 1.29 is 14.6 Å². The third-order valence-corrected chi connectivity index (χ3v) is 6.71. The minimum Gasteiger partial charge on any atom is -0.491 e. The smallest absolute Gasteiger partial charge is 0.251 e. The predicted octanol–water partition coefficient (Wildman–Crippen LogP) is 4.79. The highest BCUT2D eigenvalue weighted by Gasteiger charge is 2.30. The van der Waals surface area contributed by atoms with E-state index < -0.39 is 0 Å². The molecule has 0 saturated carbocycles. The standard InChI is InChI=1S/C27H29Cl2N3O3/c1-30-27(34)21-4-2-19(3-5-21)17-31-12-13-32(26(18-31)20-6-8-22(28)9-7-20)25-11-10-23(16-24(25)29)35-15-14-33/h2-11,16,26,33H,12-15,17-18H2,1H3,(H,30,34)/t26-/m0/s1. The third kappa shape index (κ3) is 6.27. The number of halogens is 2. The fourth-order valence-electron chi connectivity index (χ4n) is 4.38. The summed E-state index contributed by atoms with van der Waals surface area (Å²) in [5.41, 5.74) is 3.91. The van der Waals surface area contributed by atoms with Crippen LogP contribution < -0.4 is 15.0 Å². The zero-order valence-electron chi connectivity index (χ0n) is 19.6. The number of hydrogen-bond acceptors (Lipinski definition) is 5. The Labute approximate surface area is 216 Å². The van der Waals surface area contributed by atoms with Crippen LogP contribution in [0.5, 0.6) is 5.75 Å². The van der Waals surface area contributed by atoms with Gasteiger partial charge in [-0.15, -0.1) is 0 Å². The summed E-state index contributed by atoms with van der Waals surface area (Å²) in [5, 5.41) is 13.0. The molecule has 3 aromatic carbocycles. The summed E-state index contributed by atoms with van der Waals surface area (Å²) in [6, 6.07) is 21.4. The normalized spacial score (nSPS) is 16.2. The fourth-order valence-corrected chi connectivity index (χ4v) is 4.78. The number of hydrogen-bond donors (Lipinski definition) is 2. The van der Waals surface area contributed by atoms with E-state index in [0.29, 0.717) is 21.4 Å². The van der Waals surface area contributed by atoms with E-state index in [2.05, 4.69) is 27.2 Å². The SMILES string of the molecule is CNC(=O)c1ccc(CN2CCN(c3ccc(OCCO)cc3Cl)[C@H](c3ccc(Cl)cc3)C2)cc1. The van der Waals surface area contributed by atoms with E-state index in [1.165, 1.54) is 0 Å². The molecular formula is C27H29Cl2N3O3. The molecule has 0 radical (unpaired) electrons. The maximum atomic E-state index is 11.8. The van der Waals surface area contributed by atoms with Gasteiger partial charge in [0, 0.05) is 49.9 Å². The molecule has 35 heavy (non-hydrogen) atoms. The van der Waals surface area contributed by atoms with Crippen molar-refractivity contribution in [1.29, 1.82) is 0 Å². The molecule has 1 atom stereocenters. The van der Waals surface area contributed by atoms with E-state index in [4.69, 9.17) is 33.0 Å². The van der Waals surface area contributed by atoms with Gasteiger partial charge in [-0.25, -0.2) is 0 Å². The van der Waals surface area contributed by atoms with Crippen molar-refractivity contribution in [2.24, 2.45) is 0 Å². The maximum Gasteiger partial charge on any atom is 0.251 e. The van der Waals surface area contributed by atoms with Gasteiger partial charge in [0.15, 0.2) is 0 Å². The Kier molecular flexibility index (Phi) is 8.52. The predicted molar refractivity (Wildman–Crippen MR) is 141 cm³/mol. The van der Waals surface area contributed by atoms with Gasteiger partial charge in [-0.2, -0.15) is 0 Å². The van der Waals surface area contributed by atoms with Gasteiger partial charge in [-0.05, 0) is 47.5 Å². The summed E-state index contributed by atoms with van der Waals surface area (Å²) >= 11 is 12.9. The Morgan fingerprint density at radius 3 is 2.46 bits per heavy atom. The molecule has 1 fully saturated rings. The van der Waals surface area contributed by atoms with Crippen LogP contribution in [0.3, 0.4) is 0 Å². The quantitative estimate of drug-likeness (QED) is 0.453. The number of nitrogens with one attached hydrogen (secondary N) is 1. The Hall–Kier alpha value is -2.77. The summed E-state index contributed by atoms with van der Waals surface area (Å²) in [7, 11) is 1.63. The van der Waals surface area contributed by atoms with Gasteiger partial charge in [0.25, 0.3) is 5.91 Å². The molecule has 1 heterocycles. The summed E-state index contributed by atoms with van der Waals surface area (Å²) in [6.45, 7) is 3.42. The van der Waals surface area contributed by atoms with Crippen LogP contribution in [0.25, 0.3) is 0 Å². The lowest BCUT2D eigenvalue weighted by Gasteiger charge is -2.43. The second-order valence-corrected chi connectivity index (χ2v) is 9.30. The topological polar surface area (TPSA) is 65.0 Å². The lowest BCUT2D eigenvalue weighted by molar-refractivity contribution is 0.0963. The van der Waals surface area contributed by atoms with Gasteiger partial charge in [0.1, 0.15) is 12.4 Å². The molecule has 1 aliphatic rings. The summed E-state index contributed by atoms with van der Waals surface area (Å²) in [4.78, 5) is 16.6. The molecule has 4 rings (SSSR count). The van der Waals surface area contributed by atoms with Crippen LogP contribution >= 0.6 is 23.2 Å². The van der Waals surface area contributed by atoms with Crippen LogP contribution in [-0.4, -0.2) is 55.8 Å². The molecule has 0 bridgehead atoms. The van der Waals surface area contributed by atoms with Crippen LogP contribution in [0, 0.1) is 0 Å². The number of carbonyl (C=O) groups excluding carboxylic acids is 1. The van der Waals surface area contributed by atoms with E-state index in [1.807, 2.05) is 48.5 Å². The largest absolute Gasteiger partial charge is 0.491 e. The van der Waals surface area contributed by atoms with Gasteiger partial charge >= 0.3 is 0 Å². The molecule has 0 unspecified atom stereocenters. The molecule has 8 heteroatoms. The minimum absolute atomic E-state index is 0.0471. The average Bonchev–Trinajstić information content (AvgIpc) is 2.88. The van der Waals surface area contributed by atoms with Crippen molar-refractivity contribution in [3.63, 3.8) is 0 Å². The van der Waals surface area contributed by atoms with Gasteiger partial charge < -0.3 is 20.1 Å². The molecule has 1 amide bonds. The molecule has 184 valence electrons. The fraction of sp³-hybridized carbons (Fsp3) is 0.296. The first-order chi connectivity index (χ1) is 17.0. The number of amides is 1. The number of carbonyl (C=O) groups is 1. The number of piperazine rings is 1. The second kappa shape index (κ2) is 11.8. The van der Waals surface area contributed by atoms with Crippen LogP contribution in [0.2, 0.25) is 10.0 Å². The summed E-state index contributed by atoms with van der Waals surface area (Å²) in [5.74, 6) is 0.548. The molecule has 6 nitrogen and oxygen atoms in total. The zero-order chi connectivity index (χ0) is 24.8. The minimum atomic E-state index is -0.0855. The van der Waals surface area contributed by atoms with Gasteiger partial charge in [-0.3, -0.25) is 9.69 Å². The monoisotopic (exact) mass is 513 g/mol. The third-order valence-electron chi connectivity index (χ3n) is 6.16. The summed E-state index contributed by atoms with van der Waals surface area (Å²) < 4.78 is 5.52. The highest BCUT2D eigenvalue weighted by molar-refractivity contribution is 6.33. The van der Waals surface area contributed by atoms with Crippen molar-refractivity contribution in [2.75, 3.05) is 44.8 Å². The van der Waals surface area contributed by atoms with Gasteiger partial charge in [0.05, 0.1) is 23.4 Å². The van der Waals surface area contributed by atoms with Crippen molar-refractivity contribution in [2.45, 2.75) is 12.6 Å². The van der Waals surface area contributed by atoms with Crippen LogP contribution in [-0.2, 0) is 6.54 Å². The number of rotatable bonds is 8. The average molecular weight is 514 g/mol. The van der Waals surface area contributed by atoms with E-state index in [0.717, 1.165) is 43.0 Å². The number of nitrogens with zero attached hydrogens (tertiary/aromatic N) is 2. The van der Waals surface area contributed by atoms with Crippen molar-refractivity contribution in [3.05, 3.63) is 93.5 Å². The first kappa shape index (κ1) is 25.3. The van der Waals surface area contributed by atoms with E-state index >= 15 is 0 Å². The zero-order valence-corrected chi connectivity index (χ0v) is 21.1. The molecule has 1 aliphatic heterocycles. The molecule has 0 aliphatic carbocycles. The maximum absolute atomic E-state index is 11.8. The highest BCUT2D eigenvalue weighted by atomic mass is 35.5. The Morgan fingerprint density at radius 2 is 1.80 bits per heavy atom. The highest BCUT2D eigenvalue weighted by Crippen LogP contribution is 2.37. The molecule has 2 N–H and O–H groups in total. The van der Waals surface area contributed by atoms with Crippen LogP contribution in [0.15, 0.2) is 66.7 Å². The molecule has 0 spiro atoms. The lowest BCUT2D eigenvalue weighted by atomic mass is 10.0. The van der Waals surface area contributed by atoms with Crippen molar-refractivity contribution in [3.8, 4) is 5.75 Å². The lowest BCUT2D eigenvalue weighted by Crippen LogP contribution is -2.48. The van der Waals surface area contributed by atoms with Gasteiger partial charge in [0.2, 0.25) is 0 Å². The number of aliphatic hydroxyl groups is 1. The molecular weight excluding hydrogens is 485 g/mol. The molecule has 0 aromatic heterocycles. The first-order valence-electron chi connectivity index (χ1n) is 11.6. The number of aliphatic hydroxyl groups excluding tert-OH is 1. The Morgan fingerprint density at radius 1 is 1.06 bits per heavy atom. The van der Waals surface area contributed by atoms with Crippen molar-refractivity contribution >= 4 is 34.8 Å². The summed E-state index contributed by atoms with van der Waals surface area (Å²) in [6.07, 6.45) is 0. The molecule has 1 saturated heterocycles. The Bertz CT molecular complexity index is 1140. The van der Waals surface area contributed by atoms with Crippen LogP contribution in [0.1, 0.15) is 27.5 Å². The number of benzene rings is 3. The number of ether oxygens (including phenoxy) is 1. The van der Waals surface area contributed by atoms with E-state index in [9.17, 15) is 4.79 Å². The van der Waals surface area contributed by atoms with Crippen LogP contribution in [0.4, 0.5) is 5.69 Å². The second-order valence-electron chi connectivity index (χ2n) is 8.46. The Balaban J connectivity index is 1.55. The van der Waals surface area contributed by atoms with Gasteiger partial charge in [-0.1, -0.05) is 47.5 Å². The van der Waals surface area contributed by atoms with E-state index in [-0.39, 0.29) is 25.2 Å². The van der Waals surface area contributed by atoms with Crippen molar-refractivity contribution in [1.82, 2.24) is 10.2 Å². The number of anilines is 1. The first-order valence-corrected chi connectivity index (χ1v) is 12.3. The van der Waals surface area contributed by atoms with E-state index in [1.54, 1.807) is 13.1 Å². The molecule has 3 aromatic rings.